The summed E-state index contributed by atoms with van der Waals surface area (Å²) in [6.45, 7) is 0.0580. The van der Waals surface area contributed by atoms with Crippen molar-refractivity contribution >= 4 is 16.8 Å². The Morgan fingerprint density at radius 3 is 2.61 bits per heavy atom. The van der Waals surface area contributed by atoms with Gasteiger partial charge < -0.3 is 9.64 Å². The highest BCUT2D eigenvalue weighted by Gasteiger charge is 2.29. The van der Waals surface area contributed by atoms with Crippen LogP contribution >= 0.6 is 0 Å². The van der Waals surface area contributed by atoms with Gasteiger partial charge in [0.05, 0.1) is 31.5 Å². The van der Waals surface area contributed by atoms with Gasteiger partial charge in [-0.05, 0) is 47.5 Å². The Bertz CT molecular complexity index is 1330. The van der Waals surface area contributed by atoms with Gasteiger partial charge in [-0.15, -0.1) is 0 Å². The van der Waals surface area contributed by atoms with Crippen LogP contribution in [0.5, 0.6) is 5.75 Å². The monoisotopic (exact) mass is 420 g/mol. The van der Waals surface area contributed by atoms with E-state index in [1.165, 1.54) is 17.0 Å². The molecule has 5 rings (SSSR count). The summed E-state index contributed by atoms with van der Waals surface area (Å²) < 4.78 is 37.0. The first-order valence-corrected chi connectivity index (χ1v) is 9.68. The van der Waals surface area contributed by atoms with Crippen LogP contribution in [0.1, 0.15) is 21.6 Å². The third-order valence-electron chi connectivity index (χ3n) is 5.52. The molecular formula is C23H18F2N4O2. The molecule has 0 N–H and O–H groups in total. The number of carbonyl (C=O) groups excluding carboxylic acids is 1. The number of nitrogens with zero attached hydrogens (tertiary/aromatic N) is 4. The molecule has 2 aromatic carbocycles. The number of pyridine rings is 1. The number of benzene rings is 2. The fraction of sp³-hybridized carbons (Fsp3) is 0.174. The zero-order valence-electron chi connectivity index (χ0n) is 16.9. The smallest absolute Gasteiger partial charge is 0.256 e. The van der Waals surface area contributed by atoms with E-state index in [0.717, 1.165) is 5.39 Å². The Labute approximate surface area is 176 Å². The average Bonchev–Trinajstić information content (AvgIpc) is 3.29. The molecular weight excluding hydrogens is 402 g/mol. The Morgan fingerprint density at radius 2 is 1.90 bits per heavy atom. The number of hydrogen-bond donors (Lipinski definition) is 0. The molecule has 0 saturated carbocycles. The highest BCUT2D eigenvalue weighted by Crippen LogP contribution is 2.35. The third kappa shape index (κ3) is 3.11. The number of carbonyl (C=O) groups is 1. The second kappa shape index (κ2) is 7.16. The summed E-state index contributed by atoms with van der Waals surface area (Å²) in [4.78, 5) is 18.1. The van der Waals surface area contributed by atoms with Gasteiger partial charge in [0, 0.05) is 30.4 Å². The third-order valence-corrected chi connectivity index (χ3v) is 5.52. The standard InChI is InChI=1S/C23H18F2N4O2/c1-28-10-16-14(5-6-21(31-2)22(16)27-28)13-8-18(24)17(19(25)9-13)11-29-12-20-15(23(29)30)4-3-7-26-20/h3-10H,11-12H2,1-2H3. The molecule has 3 heterocycles. The van der Waals surface area contributed by atoms with Crippen LogP contribution < -0.4 is 4.74 Å². The lowest BCUT2D eigenvalue weighted by molar-refractivity contribution is 0.0763. The summed E-state index contributed by atoms with van der Waals surface area (Å²) >= 11 is 0. The normalized spacial score (nSPS) is 13.2. The number of ether oxygens (including phenoxy) is 1. The summed E-state index contributed by atoms with van der Waals surface area (Å²) in [5, 5.41) is 5.11. The zero-order valence-corrected chi connectivity index (χ0v) is 16.9. The molecule has 1 aliphatic rings. The van der Waals surface area contributed by atoms with Gasteiger partial charge in [-0.3, -0.25) is 14.5 Å². The molecule has 156 valence electrons. The molecule has 31 heavy (non-hydrogen) atoms. The first kappa shape index (κ1) is 19.2. The quantitative estimate of drug-likeness (QED) is 0.499. The van der Waals surface area contributed by atoms with Gasteiger partial charge in [-0.2, -0.15) is 5.10 Å². The van der Waals surface area contributed by atoms with Crippen LogP contribution in [-0.2, 0) is 20.1 Å². The lowest BCUT2D eigenvalue weighted by Crippen LogP contribution is -2.24. The fourth-order valence-electron chi connectivity index (χ4n) is 4.02. The first-order chi connectivity index (χ1) is 15.0. The summed E-state index contributed by atoms with van der Waals surface area (Å²) in [5.41, 5.74) is 2.57. The molecule has 1 aliphatic heterocycles. The van der Waals surface area contributed by atoms with Crippen LogP contribution in [0, 0.1) is 11.6 Å². The first-order valence-electron chi connectivity index (χ1n) is 9.68. The maximum Gasteiger partial charge on any atom is 0.256 e. The molecule has 0 saturated heterocycles. The number of aryl methyl sites for hydroxylation is 1. The second-order valence-corrected chi connectivity index (χ2v) is 7.46. The van der Waals surface area contributed by atoms with Gasteiger partial charge in [0.2, 0.25) is 0 Å². The van der Waals surface area contributed by atoms with E-state index in [2.05, 4.69) is 10.1 Å². The van der Waals surface area contributed by atoms with E-state index in [1.807, 2.05) is 0 Å². The zero-order chi connectivity index (χ0) is 21.7. The van der Waals surface area contributed by atoms with Crippen LogP contribution in [0.4, 0.5) is 8.78 Å². The van der Waals surface area contributed by atoms with Gasteiger partial charge in [-0.1, -0.05) is 0 Å². The minimum Gasteiger partial charge on any atom is -0.494 e. The van der Waals surface area contributed by atoms with Crippen LogP contribution in [0.2, 0.25) is 0 Å². The lowest BCUT2D eigenvalue weighted by Gasteiger charge is -2.17. The minimum absolute atomic E-state index is 0.152. The van der Waals surface area contributed by atoms with Gasteiger partial charge in [0.25, 0.3) is 5.91 Å². The molecule has 1 amide bonds. The molecule has 8 heteroatoms. The molecule has 0 unspecified atom stereocenters. The van der Waals surface area contributed by atoms with Gasteiger partial charge in [0.15, 0.2) is 0 Å². The Hall–Kier alpha value is -3.81. The van der Waals surface area contributed by atoms with Gasteiger partial charge in [-0.25, -0.2) is 8.78 Å². The maximum absolute atomic E-state index is 15.0. The summed E-state index contributed by atoms with van der Waals surface area (Å²) in [7, 11) is 3.32. The van der Waals surface area contributed by atoms with E-state index >= 15 is 8.78 Å². The largest absolute Gasteiger partial charge is 0.494 e. The fourth-order valence-corrected chi connectivity index (χ4v) is 4.02. The summed E-state index contributed by atoms with van der Waals surface area (Å²) in [6.07, 6.45) is 3.38. The molecule has 2 aromatic heterocycles. The van der Waals surface area contributed by atoms with Crippen molar-refractivity contribution in [1.82, 2.24) is 19.7 Å². The summed E-state index contributed by atoms with van der Waals surface area (Å²) in [6, 6.07) is 9.40. The second-order valence-electron chi connectivity index (χ2n) is 7.46. The Balaban J connectivity index is 1.51. The van der Waals surface area contributed by atoms with E-state index in [1.54, 1.807) is 55.5 Å². The van der Waals surface area contributed by atoms with E-state index < -0.39 is 11.6 Å². The van der Waals surface area contributed by atoms with Crippen LogP contribution in [-0.4, -0.2) is 32.7 Å². The number of aromatic nitrogens is 3. The van der Waals surface area contributed by atoms with Crippen LogP contribution in [0.3, 0.4) is 0 Å². The van der Waals surface area contributed by atoms with Crippen molar-refractivity contribution in [3.05, 3.63) is 77.2 Å². The molecule has 0 aliphatic carbocycles. The van der Waals surface area contributed by atoms with Crippen LogP contribution in [0.15, 0.2) is 48.8 Å². The number of amides is 1. The van der Waals surface area contributed by atoms with Crippen LogP contribution in [0.25, 0.3) is 22.0 Å². The molecule has 0 radical (unpaired) electrons. The number of fused-ring (bicyclic) bond motifs is 2. The minimum atomic E-state index is -0.709. The van der Waals surface area contributed by atoms with Gasteiger partial charge in [0.1, 0.15) is 22.9 Å². The summed E-state index contributed by atoms with van der Waals surface area (Å²) in [5.74, 6) is -1.12. The topological polar surface area (TPSA) is 60.2 Å². The molecule has 6 nitrogen and oxygen atoms in total. The molecule has 0 bridgehead atoms. The Kier molecular flexibility index (Phi) is 4.43. The maximum atomic E-state index is 15.0. The molecule has 0 spiro atoms. The van der Waals surface area contributed by atoms with E-state index in [9.17, 15) is 4.79 Å². The molecule has 4 aromatic rings. The van der Waals surface area contributed by atoms with E-state index in [-0.39, 0.29) is 24.6 Å². The number of rotatable bonds is 4. The van der Waals surface area contributed by atoms with Crippen molar-refractivity contribution in [2.75, 3.05) is 7.11 Å². The van der Waals surface area contributed by atoms with Crippen molar-refractivity contribution in [1.29, 1.82) is 0 Å². The SMILES string of the molecule is COc1ccc(-c2cc(F)c(CN3Cc4ncccc4C3=O)c(F)c2)c2cn(C)nc12. The predicted octanol–water partition coefficient (Wildman–Crippen LogP) is 4.08. The molecule has 0 atom stereocenters. The number of methoxy groups -OCH3 is 1. The number of halogens is 2. The predicted molar refractivity (Wildman–Crippen MR) is 110 cm³/mol. The highest BCUT2D eigenvalue weighted by atomic mass is 19.1. The van der Waals surface area contributed by atoms with Crippen molar-refractivity contribution in [2.24, 2.45) is 7.05 Å². The van der Waals surface area contributed by atoms with Crippen molar-refractivity contribution in [3.63, 3.8) is 0 Å². The molecule has 0 fully saturated rings. The van der Waals surface area contributed by atoms with Crippen molar-refractivity contribution < 1.29 is 18.3 Å². The number of hydrogen-bond acceptors (Lipinski definition) is 4. The van der Waals surface area contributed by atoms with E-state index in [0.29, 0.717) is 33.7 Å². The Morgan fingerprint density at radius 1 is 1.13 bits per heavy atom. The van der Waals surface area contributed by atoms with Crippen molar-refractivity contribution in [3.8, 4) is 16.9 Å². The lowest BCUT2D eigenvalue weighted by atomic mass is 9.99. The highest BCUT2D eigenvalue weighted by molar-refractivity contribution is 5.98. The van der Waals surface area contributed by atoms with Gasteiger partial charge >= 0.3 is 0 Å². The van der Waals surface area contributed by atoms with Crippen molar-refractivity contribution in [2.45, 2.75) is 13.1 Å². The van der Waals surface area contributed by atoms with E-state index in [4.69, 9.17) is 4.74 Å². The average molecular weight is 420 g/mol.